The molecule has 1 aromatic carbocycles. The maximum atomic E-state index is 13.4. The summed E-state index contributed by atoms with van der Waals surface area (Å²) in [4.78, 5) is 36.8. The van der Waals surface area contributed by atoms with Crippen molar-refractivity contribution < 1.29 is 60.6 Å². The predicted molar refractivity (Wildman–Crippen MR) is 111 cm³/mol. The summed E-state index contributed by atoms with van der Waals surface area (Å²) in [6, 6.07) is 3.51. The zero-order chi connectivity index (χ0) is 27.3. The van der Waals surface area contributed by atoms with E-state index in [1.807, 2.05) is 4.90 Å². The van der Waals surface area contributed by atoms with E-state index in [0.717, 1.165) is 13.1 Å². The Balaban J connectivity index is 0.000000572. The fourth-order valence-electron chi connectivity index (χ4n) is 3.80. The molecule has 36 heavy (non-hydrogen) atoms. The highest BCUT2D eigenvalue weighted by molar-refractivity contribution is 6.05. The Morgan fingerprint density at radius 3 is 2.03 bits per heavy atom. The zero-order valence-corrected chi connectivity index (χ0v) is 19.1. The topological polar surface area (TPSA) is 115 Å². The number of nitrogens with zero attached hydrogens (tertiary/aromatic N) is 2. The summed E-state index contributed by atoms with van der Waals surface area (Å²) in [7, 11) is 2.06. The van der Waals surface area contributed by atoms with Crippen LogP contribution >= 0.6 is 0 Å². The fourth-order valence-corrected chi connectivity index (χ4v) is 3.80. The monoisotopic (exact) mass is 529 g/mol. The minimum Gasteiger partial charge on any atom is -0.542 e. The summed E-state index contributed by atoms with van der Waals surface area (Å²) in [5, 5.41) is 18.4. The maximum absolute atomic E-state index is 13.4. The van der Waals surface area contributed by atoms with E-state index in [-0.39, 0.29) is 37.3 Å². The Morgan fingerprint density at radius 2 is 1.58 bits per heavy atom. The molecule has 2 heterocycles. The Labute approximate surface area is 201 Å². The summed E-state index contributed by atoms with van der Waals surface area (Å²) in [6.45, 7) is 3.55. The van der Waals surface area contributed by atoms with E-state index in [2.05, 4.69) is 7.05 Å². The lowest BCUT2D eigenvalue weighted by Gasteiger charge is -2.37. The number of aromatic carboxylic acids is 1. The molecule has 2 N–H and O–H groups in total. The van der Waals surface area contributed by atoms with Gasteiger partial charge in [-0.1, -0.05) is 0 Å². The van der Waals surface area contributed by atoms with Gasteiger partial charge in [-0.25, -0.2) is 4.79 Å². The molecule has 0 aliphatic carbocycles. The van der Waals surface area contributed by atoms with Gasteiger partial charge in [-0.3, -0.25) is 4.79 Å². The first-order chi connectivity index (χ1) is 16.6. The largest absolute Gasteiger partial charge is 0.542 e. The number of carbonyl (C=O) groups excluding carboxylic acids is 2. The van der Waals surface area contributed by atoms with Gasteiger partial charge in [0.05, 0.1) is 44.5 Å². The number of rotatable bonds is 4. The molecule has 0 unspecified atom stereocenters. The van der Waals surface area contributed by atoms with E-state index in [4.69, 9.17) is 14.6 Å². The number of carboxylic acid groups (broad SMARTS) is 2. The van der Waals surface area contributed by atoms with Crippen LogP contribution in [0.5, 0.6) is 0 Å². The number of hydrogen-bond donors (Lipinski definition) is 2. The fraction of sp³-hybridized carbons (Fsp3) is 0.571. The molecule has 0 aromatic heterocycles. The van der Waals surface area contributed by atoms with Crippen LogP contribution in [0.4, 0.5) is 37.7 Å². The van der Waals surface area contributed by atoms with Crippen LogP contribution < -0.4 is 19.8 Å². The molecule has 2 saturated heterocycles. The van der Waals surface area contributed by atoms with Gasteiger partial charge in [0.2, 0.25) is 0 Å². The maximum Gasteiger partial charge on any atom is 0.471 e. The molecule has 0 spiro atoms. The second-order valence-electron chi connectivity index (χ2n) is 8.25. The third kappa shape index (κ3) is 7.71. The number of ether oxygens (including phenoxy) is 1. The van der Waals surface area contributed by atoms with Crippen molar-refractivity contribution in [3.05, 3.63) is 23.8 Å². The molecule has 202 valence electrons. The van der Waals surface area contributed by atoms with Crippen molar-refractivity contribution in [1.29, 1.82) is 0 Å². The number of carbonyl (C=O) groups is 3. The molecule has 0 atom stereocenters. The van der Waals surface area contributed by atoms with Crippen molar-refractivity contribution in [2.75, 3.05) is 56.2 Å². The average Bonchev–Trinajstić information content (AvgIpc) is 2.79. The van der Waals surface area contributed by atoms with E-state index >= 15 is 0 Å². The lowest BCUT2D eigenvalue weighted by atomic mass is 10.0. The summed E-state index contributed by atoms with van der Waals surface area (Å²) in [5.74, 6) is -6.43. The van der Waals surface area contributed by atoms with Crippen LogP contribution in [-0.2, 0) is 14.3 Å². The van der Waals surface area contributed by atoms with Gasteiger partial charge in [0.25, 0.3) is 0 Å². The first-order valence-electron chi connectivity index (χ1n) is 10.8. The summed E-state index contributed by atoms with van der Waals surface area (Å²) in [5.41, 5.74) is 0.0811. The van der Waals surface area contributed by atoms with Crippen molar-refractivity contribution in [2.24, 2.45) is 0 Å². The van der Waals surface area contributed by atoms with E-state index < -0.39 is 36.2 Å². The van der Waals surface area contributed by atoms with Crippen molar-refractivity contribution in [3.8, 4) is 0 Å². The normalized spacial score (nSPS) is 17.7. The molecule has 0 radical (unpaired) electrons. The number of nitrogens with one attached hydrogen (secondary N) is 1. The van der Waals surface area contributed by atoms with Gasteiger partial charge in [0, 0.05) is 24.9 Å². The molecule has 3 rings (SSSR count). The van der Waals surface area contributed by atoms with Crippen molar-refractivity contribution in [1.82, 2.24) is 0 Å². The quantitative estimate of drug-likeness (QED) is 0.532. The number of carboxylic acids is 2. The van der Waals surface area contributed by atoms with Crippen LogP contribution in [0.2, 0.25) is 0 Å². The number of hydrogen-bond acceptors (Lipinski definition) is 6. The number of aliphatic carboxylic acids is 1. The first-order valence-corrected chi connectivity index (χ1v) is 10.8. The van der Waals surface area contributed by atoms with Crippen LogP contribution in [0.1, 0.15) is 23.2 Å². The Hall–Kier alpha value is -3.07. The van der Waals surface area contributed by atoms with Gasteiger partial charge in [0.15, 0.2) is 0 Å². The molecule has 1 amide bonds. The molecule has 9 nitrogen and oxygen atoms in total. The molecule has 15 heteroatoms. The van der Waals surface area contributed by atoms with Crippen molar-refractivity contribution >= 4 is 29.2 Å². The van der Waals surface area contributed by atoms with Gasteiger partial charge >= 0.3 is 24.2 Å². The number of quaternary nitrogens is 1. The first kappa shape index (κ1) is 29.2. The van der Waals surface area contributed by atoms with Gasteiger partial charge < -0.3 is 34.4 Å². The highest BCUT2D eigenvalue weighted by Crippen LogP contribution is 2.34. The van der Waals surface area contributed by atoms with E-state index in [1.165, 1.54) is 17.0 Å². The molecule has 0 saturated carbocycles. The lowest BCUT2D eigenvalue weighted by molar-refractivity contribution is -0.880. The Morgan fingerprint density at radius 1 is 1.06 bits per heavy atom. The van der Waals surface area contributed by atoms with Crippen LogP contribution in [0.15, 0.2) is 18.2 Å². The molecule has 0 bridgehead atoms. The van der Waals surface area contributed by atoms with Gasteiger partial charge in [-0.2, -0.15) is 26.3 Å². The van der Waals surface area contributed by atoms with Crippen LogP contribution in [-0.4, -0.2) is 87.8 Å². The van der Waals surface area contributed by atoms with Gasteiger partial charge in [0.1, 0.15) is 5.97 Å². The Bertz CT molecular complexity index is 941. The SMILES string of the molecule is C[NH+]1CCN(c2ccc(C(=O)O)c(N(C(=O)C(F)(F)F)C3CCOCC3)c2)CC1.O=C([O-])C(F)(F)F. The third-order valence-electron chi connectivity index (χ3n) is 5.70. The summed E-state index contributed by atoms with van der Waals surface area (Å²) >= 11 is 0. The van der Waals surface area contributed by atoms with Crippen molar-refractivity contribution in [3.63, 3.8) is 0 Å². The predicted octanol–water partition coefficient (Wildman–Crippen LogP) is 0.0924. The second-order valence-corrected chi connectivity index (χ2v) is 8.25. The number of piperazine rings is 1. The van der Waals surface area contributed by atoms with E-state index in [0.29, 0.717) is 23.7 Å². The summed E-state index contributed by atoms with van der Waals surface area (Å²) in [6.07, 6.45) is -9.88. The molecule has 2 aliphatic heterocycles. The molecule has 2 aliphatic rings. The lowest BCUT2D eigenvalue weighted by Crippen LogP contribution is -3.12. The van der Waals surface area contributed by atoms with Crippen LogP contribution in [0, 0.1) is 0 Å². The number of halogens is 6. The smallest absolute Gasteiger partial charge is 0.471 e. The standard InChI is InChI=1S/C19H24F3N3O4.C2HF3O2/c1-23-6-8-24(9-7-23)14-2-3-15(17(26)27)16(12-14)25(18(28)19(20,21)22)13-4-10-29-11-5-13;3-2(4,5)1(6)7/h2-3,12-13H,4-11H2,1H3,(H,26,27);(H,6,7). The number of anilines is 2. The highest BCUT2D eigenvalue weighted by Gasteiger charge is 2.46. The highest BCUT2D eigenvalue weighted by atomic mass is 19.4. The molecular formula is C21H25F6N3O6. The minimum atomic E-state index is -5.19. The molecular weight excluding hydrogens is 504 g/mol. The number of likely N-dealkylation sites (N-methyl/N-ethyl adjacent to an activating group) is 1. The molecule has 2 fully saturated rings. The number of alkyl halides is 6. The van der Waals surface area contributed by atoms with Crippen molar-refractivity contribution in [2.45, 2.75) is 31.2 Å². The zero-order valence-electron chi connectivity index (χ0n) is 19.1. The minimum absolute atomic E-state index is 0.211. The number of benzene rings is 1. The average molecular weight is 529 g/mol. The van der Waals surface area contributed by atoms with Gasteiger partial charge in [-0.05, 0) is 31.0 Å². The Kier molecular flexibility index (Phi) is 9.54. The number of amides is 1. The van der Waals surface area contributed by atoms with Crippen LogP contribution in [0.25, 0.3) is 0 Å². The second kappa shape index (κ2) is 11.8. The third-order valence-corrected chi connectivity index (χ3v) is 5.70. The van der Waals surface area contributed by atoms with Crippen LogP contribution in [0.3, 0.4) is 0 Å². The molecule has 1 aromatic rings. The van der Waals surface area contributed by atoms with E-state index in [9.17, 15) is 41.0 Å². The van der Waals surface area contributed by atoms with E-state index in [1.54, 1.807) is 6.07 Å². The summed E-state index contributed by atoms with van der Waals surface area (Å²) < 4.78 is 76.9. The van der Waals surface area contributed by atoms with Gasteiger partial charge in [-0.15, -0.1) is 0 Å².